The van der Waals surface area contributed by atoms with Gasteiger partial charge in [-0.05, 0) is 48.4 Å². The molecule has 2 amide bonds. The molecule has 3 aromatic rings. The molecule has 0 aliphatic rings. The maximum absolute atomic E-state index is 14.7. The molecule has 0 heterocycles. The van der Waals surface area contributed by atoms with Crippen molar-refractivity contribution in [3.05, 3.63) is 107 Å². The first-order valence-electron chi connectivity index (χ1n) is 13.2. The summed E-state index contributed by atoms with van der Waals surface area (Å²) in [7, 11) is 0. The van der Waals surface area contributed by atoms with Gasteiger partial charge in [0, 0.05) is 31.0 Å². The van der Waals surface area contributed by atoms with Crippen LogP contribution in [0.15, 0.2) is 78.9 Å². The molecule has 0 saturated carbocycles. The first-order valence-corrected chi connectivity index (χ1v) is 13.2. The summed E-state index contributed by atoms with van der Waals surface area (Å²) in [5.41, 5.74) is 3.65. The van der Waals surface area contributed by atoms with Gasteiger partial charge in [0.1, 0.15) is 11.9 Å². The molecule has 0 unspecified atom stereocenters. The maximum atomic E-state index is 14.7. The van der Waals surface area contributed by atoms with E-state index in [2.05, 4.69) is 43.4 Å². The van der Waals surface area contributed by atoms with Crippen LogP contribution in [0.25, 0.3) is 0 Å². The van der Waals surface area contributed by atoms with Gasteiger partial charge in [-0.15, -0.1) is 0 Å². The van der Waals surface area contributed by atoms with E-state index in [0.29, 0.717) is 24.3 Å². The van der Waals surface area contributed by atoms with Gasteiger partial charge in [0.15, 0.2) is 0 Å². The second-order valence-corrected chi connectivity index (χ2v) is 10.0. The molecule has 0 radical (unpaired) electrons. The van der Waals surface area contributed by atoms with Gasteiger partial charge < -0.3 is 10.2 Å². The zero-order chi connectivity index (χ0) is 26.8. The third-order valence-electron chi connectivity index (χ3n) is 6.84. The summed E-state index contributed by atoms with van der Waals surface area (Å²) in [6.45, 7) is 8.28. The summed E-state index contributed by atoms with van der Waals surface area (Å²) in [5.74, 6) is -0.333. The third kappa shape index (κ3) is 8.28. The molecule has 0 aliphatic carbocycles. The van der Waals surface area contributed by atoms with Crippen molar-refractivity contribution in [2.24, 2.45) is 0 Å². The van der Waals surface area contributed by atoms with E-state index in [9.17, 15) is 14.0 Å². The SMILES string of the molecule is CC[C@H](C)NC(=O)[C@@H](Cc1ccccc1)N(Cc1ccccc1F)C(=O)CCc1ccc(C(C)C)cc1. The van der Waals surface area contributed by atoms with Crippen molar-refractivity contribution in [3.8, 4) is 0 Å². The highest BCUT2D eigenvalue weighted by molar-refractivity contribution is 5.88. The molecule has 0 bridgehead atoms. The Morgan fingerprint density at radius 3 is 2.14 bits per heavy atom. The van der Waals surface area contributed by atoms with Gasteiger partial charge in [-0.2, -0.15) is 0 Å². The summed E-state index contributed by atoms with van der Waals surface area (Å²) in [6.07, 6.45) is 1.91. The standard InChI is InChI=1S/C32H39FN2O2/c1-5-24(4)34-32(37)30(21-26-11-7-6-8-12-26)35(22-28-13-9-10-14-29(28)33)31(36)20-17-25-15-18-27(19-16-25)23(2)3/h6-16,18-19,23-24,30H,5,17,20-22H2,1-4H3,(H,34,37)/t24-,30+/m0/s1. The molecule has 4 nitrogen and oxygen atoms in total. The predicted molar refractivity (Wildman–Crippen MR) is 148 cm³/mol. The van der Waals surface area contributed by atoms with Gasteiger partial charge in [0.25, 0.3) is 0 Å². The average Bonchev–Trinajstić information content (AvgIpc) is 2.90. The first kappa shape index (κ1) is 28.1. The fourth-order valence-corrected chi connectivity index (χ4v) is 4.27. The fraction of sp³-hybridized carbons (Fsp3) is 0.375. The van der Waals surface area contributed by atoms with Crippen LogP contribution >= 0.6 is 0 Å². The number of hydrogen-bond acceptors (Lipinski definition) is 2. The van der Waals surface area contributed by atoms with Gasteiger partial charge in [-0.25, -0.2) is 4.39 Å². The molecule has 3 rings (SSSR count). The Bertz CT molecular complexity index is 1140. The lowest BCUT2D eigenvalue weighted by atomic mass is 9.99. The zero-order valence-corrected chi connectivity index (χ0v) is 22.4. The van der Waals surface area contributed by atoms with Gasteiger partial charge in [0.2, 0.25) is 11.8 Å². The Labute approximate surface area is 220 Å². The van der Waals surface area contributed by atoms with Crippen LogP contribution in [-0.2, 0) is 29.0 Å². The Morgan fingerprint density at radius 1 is 0.865 bits per heavy atom. The monoisotopic (exact) mass is 502 g/mol. The highest BCUT2D eigenvalue weighted by Gasteiger charge is 2.31. The number of aryl methyl sites for hydroxylation is 1. The Balaban J connectivity index is 1.90. The minimum absolute atomic E-state index is 0.0310. The normalized spacial score (nSPS) is 12.7. The molecule has 0 fully saturated rings. The second-order valence-electron chi connectivity index (χ2n) is 10.0. The molecule has 196 valence electrons. The van der Waals surface area contributed by atoms with Crippen LogP contribution < -0.4 is 5.32 Å². The van der Waals surface area contributed by atoms with Crippen LogP contribution in [0.4, 0.5) is 4.39 Å². The van der Waals surface area contributed by atoms with Crippen molar-refractivity contribution in [2.45, 2.75) is 77.9 Å². The third-order valence-corrected chi connectivity index (χ3v) is 6.84. The highest BCUT2D eigenvalue weighted by atomic mass is 19.1. The van der Waals surface area contributed by atoms with E-state index >= 15 is 0 Å². The summed E-state index contributed by atoms with van der Waals surface area (Å²) in [4.78, 5) is 28.8. The van der Waals surface area contributed by atoms with Crippen molar-refractivity contribution in [3.63, 3.8) is 0 Å². The topological polar surface area (TPSA) is 49.4 Å². The zero-order valence-electron chi connectivity index (χ0n) is 22.4. The summed E-state index contributed by atoms with van der Waals surface area (Å²) < 4.78 is 14.7. The van der Waals surface area contributed by atoms with E-state index in [0.717, 1.165) is 17.5 Å². The van der Waals surface area contributed by atoms with Gasteiger partial charge in [0.05, 0.1) is 0 Å². The number of amides is 2. The summed E-state index contributed by atoms with van der Waals surface area (Å²) in [5, 5.41) is 3.05. The van der Waals surface area contributed by atoms with E-state index in [1.807, 2.05) is 44.2 Å². The Kier molecular flexibility index (Phi) is 10.4. The number of benzene rings is 3. The first-order chi connectivity index (χ1) is 17.8. The van der Waals surface area contributed by atoms with Crippen molar-refractivity contribution in [1.82, 2.24) is 10.2 Å². The predicted octanol–water partition coefficient (Wildman–Crippen LogP) is 6.44. The number of hydrogen-bond donors (Lipinski definition) is 1. The van der Waals surface area contributed by atoms with E-state index in [-0.39, 0.29) is 36.6 Å². The van der Waals surface area contributed by atoms with Crippen molar-refractivity contribution < 1.29 is 14.0 Å². The summed E-state index contributed by atoms with van der Waals surface area (Å²) in [6, 6.07) is 23.6. The smallest absolute Gasteiger partial charge is 0.243 e. The van der Waals surface area contributed by atoms with Gasteiger partial charge in [-0.3, -0.25) is 9.59 Å². The Hall–Kier alpha value is -3.47. The van der Waals surface area contributed by atoms with E-state index in [4.69, 9.17) is 0 Å². The molecule has 0 spiro atoms. The molecule has 2 atom stereocenters. The largest absolute Gasteiger partial charge is 0.352 e. The van der Waals surface area contributed by atoms with Crippen LogP contribution in [0, 0.1) is 5.82 Å². The lowest BCUT2D eigenvalue weighted by Crippen LogP contribution is -2.52. The van der Waals surface area contributed by atoms with Crippen LogP contribution in [0.1, 0.15) is 68.7 Å². The molecule has 0 aromatic heterocycles. The van der Waals surface area contributed by atoms with E-state index in [1.54, 1.807) is 23.1 Å². The highest BCUT2D eigenvalue weighted by Crippen LogP contribution is 2.20. The molecular formula is C32H39FN2O2. The van der Waals surface area contributed by atoms with Gasteiger partial charge in [-0.1, -0.05) is 93.6 Å². The molecule has 0 saturated heterocycles. The number of nitrogens with zero attached hydrogens (tertiary/aromatic N) is 1. The summed E-state index contributed by atoms with van der Waals surface area (Å²) >= 11 is 0. The number of nitrogens with one attached hydrogen (secondary N) is 1. The molecule has 0 aliphatic heterocycles. The quantitative estimate of drug-likeness (QED) is 0.310. The van der Waals surface area contributed by atoms with Crippen molar-refractivity contribution in [1.29, 1.82) is 0 Å². The maximum Gasteiger partial charge on any atom is 0.243 e. The van der Waals surface area contributed by atoms with E-state index < -0.39 is 6.04 Å². The van der Waals surface area contributed by atoms with Crippen LogP contribution in [-0.4, -0.2) is 28.8 Å². The van der Waals surface area contributed by atoms with Crippen LogP contribution in [0.2, 0.25) is 0 Å². The molecular weight excluding hydrogens is 463 g/mol. The Morgan fingerprint density at radius 2 is 1.51 bits per heavy atom. The molecule has 37 heavy (non-hydrogen) atoms. The average molecular weight is 503 g/mol. The van der Waals surface area contributed by atoms with Crippen LogP contribution in [0.3, 0.4) is 0 Å². The number of carbonyl (C=O) groups is 2. The lowest BCUT2D eigenvalue weighted by Gasteiger charge is -2.32. The number of rotatable bonds is 12. The van der Waals surface area contributed by atoms with Crippen molar-refractivity contribution in [2.75, 3.05) is 0 Å². The molecule has 3 aromatic carbocycles. The van der Waals surface area contributed by atoms with Gasteiger partial charge >= 0.3 is 0 Å². The second kappa shape index (κ2) is 13.7. The minimum atomic E-state index is -0.758. The van der Waals surface area contributed by atoms with Crippen LogP contribution in [0.5, 0.6) is 0 Å². The molecule has 1 N–H and O–H groups in total. The number of halogens is 1. The van der Waals surface area contributed by atoms with E-state index in [1.165, 1.54) is 11.6 Å². The van der Waals surface area contributed by atoms with Crippen molar-refractivity contribution >= 4 is 11.8 Å². The fourth-order valence-electron chi connectivity index (χ4n) is 4.27. The lowest BCUT2D eigenvalue weighted by molar-refractivity contribution is -0.141. The minimum Gasteiger partial charge on any atom is -0.352 e. The molecule has 5 heteroatoms. The number of carbonyl (C=O) groups excluding carboxylic acids is 2.